The molecule has 45 heavy (non-hydrogen) atoms. The van der Waals surface area contributed by atoms with Gasteiger partial charge >= 0.3 is 0 Å². The Kier molecular flexibility index (Phi) is 7.82. The van der Waals surface area contributed by atoms with Crippen LogP contribution in [0.5, 0.6) is 0 Å². The van der Waals surface area contributed by atoms with Gasteiger partial charge in [-0.1, -0.05) is 120 Å². The lowest BCUT2D eigenvalue weighted by molar-refractivity contribution is 0.547. The Hall–Kier alpha value is -5.31. The number of hydrogen-bond donors (Lipinski definition) is 0. The topological polar surface area (TPSA) is 16.4 Å². The molecule has 0 unspecified atom stereocenters. The first-order valence-corrected chi connectivity index (χ1v) is 15.5. The zero-order valence-electron chi connectivity index (χ0n) is 25.2. The molecule has 3 heteroatoms. The second kappa shape index (κ2) is 12.4. The predicted molar refractivity (Wildman–Crippen MR) is 194 cm³/mol. The summed E-state index contributed by atoms with van der Waals surface area (Å²) in [5.41, 5.74) is 8.07. The van der Waals surface area contributed by atoms with E-state index in [0.29, 0.717) is 0 Å². The maximum Gasteiger partial charge on any atom is 0.127 e. The number of halogens is 1. The van der Waals surface area contributed by atoms with Crippen molar-refractivity contribution in [1.29, 1.82) is 0 Å². The minimum atomic E-state index is 0.787. The van der Waals surface area contributed by atoms with Crippen molar-refractivity contribution < 1.29 is 4.42 Å². The number of hydrogen-bond acceptors (Lipinski definition) is 2. The zero-order chi connectivity index (χ0) is 30.8. The van der Waals surface area contributed by atoms with Crippen molar-refractivity contribution in [3.05, 3.63) is 172 Å². The predicted octanol–water partition coefficient (Wildman–Crippen LogP) is 12.7. The lowest BCUT2D eigenvalue weighted by Gasteiger charge is -2.25. The summed E-state index contributed by atoms with van der Waals surface area (Å²) in [5, 5.41) is 5.13. The lowest BCUT2D eigenvalue weighted by Crippen LogP contribution is -2.09. The molecule has 0 fully saturated rings. The molecule has 0 aliphatic rings. The maximum absolute atomic E-state index is 6.79. The molecule has 6 aromatic carbocycles. The Balaban J connectivity index is 1.12. The first-order chi connectivity index (χ1) is 22.0. The van der Waals surface area contributed by atoms with Crippen LogP contribution in [-0.4, -0.2) is 0 Å². The van der Waals surface area contributed by atoms with Gasteiger partial charge in [-0.25, -0.2) is 0 Å². The van der Waals surface area contributed by atoms with Gasteiger partial charge in [0.2, 0.25) is 0 Å². The van der Waals surface area contributed by atoms with Crippen LogP contribution in [0.1, 0.15) is 33.8 Å². The third kappa shape index (κ3) is 5.93. The van der Waals surface area contributed by atoms with Crippen LogP contribution >= 0.6 is 11.6 Å². The fourth-order valence-corrected chi connectivity index (χ4v) is 6.08. The quantitative estimate of drug-likeness (QED) is 0.169. The van der Waals surface area contributed by atoms with E-state index in [4.69, 9.17) is 16.0 Å². The molecule has 0 atom stereocenters. The number of benzene rings is 6. The number of aryl methyl sites for hydroxylation is 2. The SMILES string of the molecule is Cc1ccc(N(c2ccc(C)cc2)c2ccc(C=Cc3ccc(C=Cc4c5ccccc5c(Cl)c5ccccc45)o3)cc2)cc1. The average molecular weight is 602 g/mol. The van der Waals surface area contributed by atoms with Crippen LogP contribution in [0.15, 0.2) is 138 Å². The van der Waals surface area contributed by atoms with Crippen molar-refractivity contribution in [3.63, 3.8) is 0 Å². The number of furan rings is 1. The number of nitrogens with zero attached hydrogens (tertiary/aromatic N) is 1. The molecule has 7 rings (SSSR count). The largest absolute Gasteiger partial charge is 0.457 e. The lowest BCUT2D eigenvalue weighted by atomic mass is 9.96. The van der Waals surface area contributed by atoms with Gasteiger partial charge in [-0.15, -0.1) is 0 Å². The van der Waals surface area contributed by atoms with Crippen molar-refractivity contribution in [2.45, 2.75) is 13.8 Å². The summed E-state index contributed by atoms with van der Waals surface area (Å²) in [6.07, 6.45) is 8.24. The Bertz CT molecular complexity index is 2070. The van der Waals surface area contributed by atoms with Gasteiger partial charge in [0.25, 0.3) is 0 Å². The summed E-state index contributed by atoms with van der Waals surface area (Å²) in [7, 11) is 0. The van der Waals surface area contributed by atoms with Crippen LogP contribution < -0.4 is 4.90 Å². The van der Waals surface area contributed by atoms with Gasteiger partial charge in [-0.3, -0.25) is 0 Å². The summed E-state index contributed by atoms with van der Waals surface area (Å²) in [6, 6.07) is 46.5. The highest BCUT2D eigenvalue weighted by atomic mass is 35.5. The summed E-state index contributed by atoms with van der Waals surface area (Å²) in [5.74, 6) is 1.59. The minimum absolute atomic E-state index is 0.787. The molecule has 7 aromatic rings. The van der Waals surface area contributed by atoms with Crippen molar-refractivity contribution in [2.24, 2.45) is 0 Å². The van der Waals surface area contributed by atoms with Gasteiger partial charge in [-0.05, 0) is 96.4 Å². The summed E-state index contributed by atoms with van der Waals surface area (Å²) in [6.45, 7) is 4.23. The first kappa shape index (κ1) is 28.5. The molecule has 0 saturated carbocycles. The second-order valence-electron chi connectivity index (χ2n) is 11.3. The standard InChI is InChI=1S/C42H32ClNO/c1-29-11-18-32(19-12-29)44(33-20-13-30(2)14-21-33)34-22-15-31(16-23-34)17-24-35-25-26-36(45-35)27-28-39-37-7-3-5-9-40(37)42(43)41-10-6-4-8-38(39)41/h3-28H,1-2H3. The first-order valence-electron chi connectivity index (χ1n) is 15.1. The van der Waals surface area contributed by atoms with Gasteiger partial charge in [0.15, 0.2) is 0 Å². The van der Waals surface area contributed by atoms with Crippen LogP contribution in [0.3, 0.4) is 0 Å². The fraction of sp³-hybridized carbons (Fsp3) is 0.0476. The Morgan fingerprint density at radius 3 is 1.38 bits per heavy atom. The van der Waals surface area contributed by atoms with Crippen molar-refractivity contribution in [3.8, 4) is 0 Å². The van der Waals surface area contributed by atoms with Gasteiger partial charge in [0, 0.05) is 27.8 Å². The Labute approximate surface area is 269 Å². The van der Waals surface area contributed by atoms with Crippen molar-refractivity contribution in [1.82, 2.24) is 0 Å². The van der Waals surface area contributed by atoms with Crippen LogP contribution in [0.2, 0.25) is 5.02 Å². The van der Waals surface area contributed by atoms with Crippen molar-refractivity contribution in [2.75, 3.05) is 4.90 Å². The molecule has 0 saturated heterocycles. The molecule has 0 amide bonds. The summed E-state index contributed by atoms with van der Waals surface area (Å²) < 4.78 is 6.16. The van der Waals surface area contributed by atoms with E-state index in [1.165, 1.54) is 11.1 Å². The van der Waals surface area contributed by atoms with Gasteiger partial charge in [0.1, 0.15) is 11.5 Å². The third-order valence-electron chi connectivity index (χ3n) is 8.14. The minimum Gasteiger partial charge on any atom is -0.457 e. The smallest absolute Gasteiger partial charge is 0.127 e. The number of fused-ring (bicyclic) bond motifs is 2. The number of rotatable bonds is 7. The highest BCUT2D eigenvalue weighted by molar-refractivity contribution is 6.41. The van der Waals surface area contributed by atoms with E-state index in [2.05, 4.69) is 140 Å². The van der Waals surface area contributed by atoms with E-state index < -0.39 is 0 Å². The molecular formula is C42H32ClNO. The molecule has 0 bridgehead atoms. The van der Waals surface area contributed by atoms with E-state index in [1.54, 1.807) is 0 Å². The molecule has 1 heterocycles. The van der Waals surface area contributed by atoms with Crippen molar-refractivity contribution >= 4 is 74.5 Å². The third-order valence-corrected chi connectivity index (χ3v) is 8.55. The van der Waals surface area contributed by atoms with Gasteiger partial charge in [0.05, 0.1) is 5.02 Å². The van der Waals surface area contributed by atoms with Crippen LogP contribution in [-0.2, 0) is 0 Å². The normalized spacial score (nSPS) is 11.7. The van der Waals surface area contributed by atoms with E-state index in [9.17, 15) is 0 Å². The molecule has 0 radical (unpaired) electrons. The van der Waals surface area contributed by atoms with Crippen LogP contribution in [0.4, 0.5) is 17.1 Å². The van der Waals surface area contributed by atoms with Gasteiger partial charge in [-0.2, -0.15) is 0 Å². The molecule has 2 nitrogen and oxygen atoms in total. The second-order valence-corrected chi connectivity index (χ2v) is 11.7. The molecule has 0 aliphatic heterocycles. The average Bonchev–Trinajstić information content (AvgIpc) is 3.54. The molecule has 0 N–H and O–H groups in total. The zero-order valence-corrected chi connectivity index (χ0v) is 26.0. The monoisotopic (exact) mass is 601 g/mol. The molecule has 0 aliphatic carbocycles. The summed E-state index contributed by atoms with van der Waals surface area (Å²) >= 11 is 6.79. The maximum atomic E-state index is 6.79. The van der Waals surface area contributed by atoms with E-state index >= 15 is 0 Å². The van der Waals surface area contributed by atoms with E-state index in [-0.39, 0.29) is 0 Å². The van der Waals surface area contributed by atoms with Crippen LogP contribution in [0.25, 0.3) is 45.8 Å². The molecule has 0 spiro atoms. The molecular weight excluding hydrogens is 570 g/mol. The molecule has 1 aromatic heterocycles. The van der Waals surface area contributed by atoms with Gasteiger partial charge < -0.3 is 9.32 Å². The molecule has 218 valence electrons. The highest BCUT2D eigenvalue weighted by Crippen LogP contribution is 2.37. The Morgan fingerprint density at radius 2 is 0.889 bits per heavy atom. The van der Waals surface area contributed by atoms with Crippen LogP contribution in [0, 0.1) is 13.8 Å². The Morgan fingerprint density at radius 1 is 0.467 bits per heavy atom. The fourth-order valence-electron chi connectivity index (χ4n) is 5.75. The van der Waals surface area contributed by atoms with E-state index in [0.717, 1.165) is 66.3 Å². The van der Waals surface area contributed by atoms with E-state index in [1.807, 2.05) is 36.4 Å². The highest BCUT2D eigenvalue weighted by Gasteiger charge is 2.13. The summed E-state index contributed by atoms with van der Waals surface area (Å²) in [4.78, 5) is 2.28. The number of anilines is 3.